The average molecular weight is 218 g/mol. The van der Waals surface area contributed by atoms with E-state index < -0.39 is 6.29 Å². The van der Waals surface area contributed by atoms with Crippen LogP contribution in [0.2, 0.25) is 0 Å². The highest BCUT2D eigenvalue weighted by atomic mass is 16.6. The molecule has 0 aromatic heterocycles. The van der Waals surface area contributed by atoms with Crippen LogP contribution in [0.3, 0.4) is 0 Å². The molecule has 0 spiro atoms. The van der Waals surface area contributed by atoms with E-state index in [0.717, 1.165) is 12.3 Å². The molecule has 0 radical (unpaired) electrons. The first-order chi connectivity index (χ1) is 6.79. The lowest BCUT2D eigenvalue weighted by Crippen LogP contribution is -2.43. The largest absolute Gasteiger partial charge is 0.378 e. The Morgan fingerprint density at radius 1 is 1.33 bits per heavy atom. The molecular formula is C12H26O3. The van der Waals surface area contributed by atoms with Crippen LogP contribution in [0.5, 0.6) is 0 Å². The molecule has 0 aromatic rings. The van der Waals surface area contributed by atoms with Crippen molar-refractivity contribution in [1.29, 1.82) is 0 Å². The molecule has 1 N–H and O–H groups in total. The van der Waals surface area contributed by atoms with Crippen molar-refractivity contribution in [2.24, 2.45) is 5.92 Å². The van der Waals surface area contributed by atoms with E-state index in [1.165, 1.54) is 0 Å². The van der Waals surface area contributed by atoms with Crippen molar-refractivity contribution in [1.82, 2.24) is 0 Å². The predicted octanol–water partition coefficient (Wildman–Crippen LogP) is 2.57. The quantitative estimate of drug-likeness (QED) is 0.735. The number of aliphatic hydroxyl groups is 1. The van der Waals surface area contributed by atoms with Crippen LogP contribution in [0.25, 0.3) is 0 Å². The Bertz CT molecular complexity index is 155. The number of methoxy groups -OCH3 is 1. The molecule has 1 fully saturated rings. The van der Waals surface area contributed by atoms with E-state index in [9.17, 15) is 5.11 Å². The highest BCUT2D eigenvalue weighted by Crippen LogP contribution is 2.29. The zero-order valence-electron chi connectivity index (χ0n) is 10.9. The summed E-state index contributed by atoms with van der Waals surface area (Å²) in [5, 5.41) is 9.24. The van der Waals surface area contributed by atoms with Gasteiger partial charge in [0.2, 0.25) is 0 Å². The molecule has 15 heavy (non-hydrogen) atoms. The summed E-state index contributed by atoms with van der Waals surface area (Å²) in [6.07, 6.45) is 0.835. The first kappa shape index (κ1) is 14.9. The number of rotatable bonds is 1. The van der Waals surface area contributed by atoms with Crippen molar-refractivity contribution in [2.75, 3.05) is 7.11 Å². The summed E-state index contributed by atoms with van der Waals surface area (Å²) in [7, 11) is 1.67. The van der Waals surface area contributed by atoms with E-state index in [0.29, 0.717) is 6.42 Å². The standard InChI is InChI=1S/C8H16O3.C4H10/c1-6-4-8(2,10-3)5-7(9)11-6;1-4(2)3/h6-7,9H,4-5H2,1-3H3;4H,1-3H3/t6-,7+,8-;/m0./s1. The summed E-state index contributed by atoms with van der Waals surface area (Å²) in [4.78, 5) is 0. The number of hydrogen-bond acceptors (Lipinski definition) is 3. The zero-order chi connectivity index (χ0) is 12.1. The lowest BCUT2D eigenvalue weighted by atomic mass is 9.92. The van der Waals surface area contributed by atoms with Gasteiger partial charge >= 0.3 is 0 Å². The van der Waals surface area contributed by atoms with E-state index in [1.807, 2.05) is 13.8 Å². The van der Waals surface area contributed by atoms with Gasteiger partial charge in [-0.05, 0) is 19.8 Å². The monoisotopic (exact) mass is 218 g/mol. The lowest BCUT2D eigenvalue weighted by Gasteiger charge is -2.38. The third kappa shape index (κ3) is 6.88. The van der Waals surface area contributed by atoms with Crippen LogP contribution in [-0.2, 0) is 9.47 Å². The van der Waals surface area contributed by atoms with Crippen LogP contribution in [0.1, 0.15) is 47.5 Å². The maximum atomic E-state index is 9.24. The number of ether oxygens (including phenoxy) is 2. The van der Waals surface area contributed by atoms with Crippen LogP contribution in [-0.4, -0.2) is 30.2 Å². The fourth-order valence-corrected chi connectivity index (χ4v) is 1.59. The first-order valence-corrected chi connectivity index (χ1v) is 5.67. The van der Waals surface area contributed by atoms with E-state index >= 15 is 0 Å². The maximum absolute atomic E-state index is 9.24. The second-order valence-electron chi connectivity index (χ2n) is 5.20. The van der Waals surface area contributed by atoms with Gasteiger partial charge in [-0.1, -0.05) is 20.8 Å². The van der Waals surface area contributed by atoms with Gasteiger partial charge in [0, 0.05) is 20.0 Å². The molecule has 0 aromatic carbocycles. The molecule has 3 heteroatoms. The smallest absolute Gasteiger partial charge is 0.157 e. The summed E-state index contributed by atoms with van der Waals surface area (Å²) in [6, 6.07) is 0. The molecule has 1 heterocycles. The van der Waals surface area contributed by atoms with Gasteiger partial charge in [-0.15, -0.1) is 0 Å². The fraction of sp³-hybridized carbons (Fsp3) is 1.00. The molecule has 92 valence electrons. The fourth-order valence-electron chi connectivity index (χ4n) is 1.59. The van der Waals surface area contributed by atoms with Gasteiger partial charge < -0.3 is 14.6 Å². The molecule has 3 atom stereocenters. The normalized spacial score (nSPS) is 36.0. The number of hydrogen-bond donors (Lipinski definition) is 1. The summed E-state index contributed by atoms with van der Waals surface area (Å²) in [5.74, 6) is 0.833. The van der Waals surface area contributed by atoms with E-state index in [1.54, 1.807) is 7.11 Å². The van der Waals surface area contributed by atoms with Crippen molar-refractivity contribution in [2.45, 2.75) is 65.5 Å². The van der Waals surface area contributed by atoms with Gasteiger partial charge in [0.15, 0.2) is 6.29 Å². The minimum absolute atomic E-state index is 0.0868. The van der Waals surface area contributed by atoms with Crippen molar-refractivity contribution in [3.8, 4) is 0 Å². The van der Waals surface area contributed by atoms with Crippen LogP contribution in [0, 0.1) is 5.92 Å². The van der Waals surface area contributed by atoms with E-state index in [4.69, 9.17) is 9.47 Å². The second kappa shape index (κ2) is 6.46. The van der Waals surface area contributed by atoms with Gasteiger partial charge in [0.25, 0.3) is 0 Å². The molecule has 0 bridgehead atoms. The Labute approximate surface area is 93.8 Å². The molecule has 0 unspecified atom stereocenters. The molecule has 3 nitrogen and oxygen atoms in total. The molecule has 0 aliphatic carbocycles. The zero-order valence-corrected chi connectivity index (χ0v) is 10.9. The van der Waals surface area contributed by atoms with Crippen LogP contribution in [0.15, 0.2) is 0 Å². The lowest BCUT2D eigenvalue weighted by molar-refractivity contribution is -0.215. The maximum Gasteiger partial charge on any atom is 0.157 e. The Morgan fingerprint density at radius 3 is 2.13 bits per heavy atom. The Morgan fingerprint density at radius 2 is 1.80 bits per heavy atom. The van der Waals surface area contributed by atoms with E-state index in [-0.39, 0.29) is 11.7 Å². The molecule has 1 aliphatic heterocycles. The summed E-state index contributed by atoms with van der Waals surface area (Å²) in [5.41, 5.74) is -0.211. The molecule has 1 rings (SSSR count). The topological polar surface area (TPSA) is 38.7 Å². The average Bonchev–Trinajstić information content (AvgIpc) is 2.00. The third-order valence-electron chi connectivity index (χ3n) is 2.21. The van der Waals surface area contributed by atoms with Crippen molar-refractivity contribution < 1.29 is 14.6 Å². The van der Waals surface area contributed by atoms with Crippen LogP contribution < -0.4 is 0 Å². The second-order valence-corrected chi connectivity index (χ2v) is 5.20. The van der Waals surface area contributed by atoms with Gasteiger partial charge in [-0.25, -0.2) is 0 Å². The summed E-state index contributed by atoms with van der Waals surface area (Å²) < 4.78 is 10.4. The van der Waals surface area contributed by atoms with Gasteiger partial charge in [-0.3, -0.25) is 0 Å². The van der Waals surface area contributed by atoms with E-state index in [2.05, 4.69) is 20.8 Å². The molecule has 0 saturated carbocycles. The summed E-state index contributed by atoms with van der Waals surface area (Å²) >= 11 is 0. The minimum Gasteiger partial charge on any atom is -0.378 e. The van der Waals surface area contributed by atoms with Crippen LogP contribution >= 0.6 is 0 Å². The van der Waals surface area contributed by atoms with Crippen LogP contribution in [0.4, 0.5) is 0 Å². The van der Waals surface area contributed by atoms with Gasteiger partial charge in [-0.2, -0.15) is 0 Å². The van der Waals surface area contributed by atoms with Gasteiger partial charge in [0.1, 0.15) is 0 Å². The highest BCUT2D eigenvalue weighted by Gasteiger charge is 2.35. The Hall–Kier alpha value is -0.120. The SMILES string of the molecule is CC(C)C.CO[C@@]1(C)C[C@H](C)O[C@@H](O)C1. The number of aliphatic hydroxyl groups excluding tert-OH is 1. The highest BCUT2D eigenvalue weighted by molar-refractivity contribution is 4.82. The van der Waals surface area contributed by atoms with Crippen molar-refractivity contribution in [3.05, 3.63) is 0 Å². The third-order valence-corrected chi connectivity index (χ3v) is 2.21. The van der Waals surface area contributed by atoms with Crippen molar-refractivity contribution >= 4 is 0 Å². The summed E-state index contributed by atoms with van der Waals surface area (Å²) in [6.45, 7) is 10.4. The van der Waals surface area contributed by atoms with Gasteiger partial charge in [0.05, 0.1) is 11.7 Å². The Balaban J connectivity index is 0.000000423. The minimum atomic E-state index is -0.663. The molecule has 1 saturated heterocycles. The molecule has 0 amide bonds. The van der Waals surface area contributed by atoms with Crippen molar-refractivity contribution in [3.63, 3.8) is 0 Å². The predicted molar refractivity (Wildman–Crippen MR) is 61.7 cm³/mol. The molecule has 1 aliphatic rings. The first-order valence-electron chi connectivity index (χ1n) is 5.67. The Kier molecular flexibility index (Phi) is 6.41. The molecular weight excluding hydrogens is 192 g/mol.